The van der Waals surface area contributed by atoms with Crippen molar-refractivity contribution in [3.63, 3.8) is 0 Å². The monoisotopic (exact) mass is 454 g/mol. The number of amides is 1. The summed E-state index contributed by atoms with van der Waals surface area (Å²) in [6.07, 6.45) is 2.78. The first kappa shape index (κ1) is 23.1. The molecule has 0 aliphatic heterocycles. The second kappa shape index (κ2) is 10.7. The molecule has 6 heteroatoms. The molecule has 0 unspecified atom stereocenters. The molecule has 3 aromatic carbocycles. The van der Waals surface area contributed by atoms with Gasteiger partial charge in [-0.25, -0.2) is 0 Å². The first-order valence-electron chi connectivity index (χ1n) is 11.5. The van der Waals surface area contributed by atoms with E-state index in [0.29, 0.717) is 24.7 Å². The van der Waals surface area contributed by atoms with E-state index in [1.165, 1.54) is 16.5 Å². The highest BCUT2D eigenvalue weighted by Crippen LogP contribution is 2.19. The third-order valence-corrected chi connectivity index (χ3v) is 5.84. The third kappa shape index (κ3) is 5.46. The van der Waals surface area contributed by atoms with E-state index in [4.69, 9.17) is 9.73 Å². The number of aliphatic imine (C=N–C) groups is 1. The summed E-state index contributed by atoms with van der Waals surface area (Å²) >= 11 is 0. The number of hydrogen-bond acceptors (Lipinski definition) is 3. The van der Waals surface area contributed by atoms with Gasteiger partial charge in [-0.3, -0.25) is 15.1 Å². The molecule has 0 atom stereocenters. The molecular weight excluding hydrogens is 424 g/mol. The highest BCUT2D eigenvalue weighted by molar-refractivity contribution is 6.10. The van der Waals surface area contributed by atoms with Crippen LogP contribution in [0.2, 0.25) is 0 Å². The predicted molar refractivity (Wildman–Crippen MR) is 139 cm³/mol. The molecule has 6 nitrogen and oxygen atoms in total. The van der Waals surface area contributed by atoms with Crippen LogP contribution in [0.3, 0.4) is 0 Å². The number of hydrogen-bond donors (Lipinski definition) is 3. The molecule has 0 saturated carbocycles. The minimum absolute atomic E-state index is 0.230. The molecule has 174 valence electrons. The molecular formula is C28H30N4O2. The molecule has 1 aromatic heterocycles. The Bertz CT molecular complexity index is 1310. The van der Waals surface area contributed by atoms with E-state index in [1.54, 1.807) is 24.3 Å². The summed E-state index contributed by atoms with van der Waals surface area (Å²) in [6, 6.07) is 21.4. The fourth-order valence-electron chi connectivity index (χ4n) is 3.80. The highest BCUT2D eigenvalue weighted by atomic mass is 16.5. The third-order valence-electron chi connectivity index (χ3n) is 5.84. The standard InChI is InChI=1S/C28H30N4O2/c1-4-34-23-14-12-21(13-15-23)27(33)32-28(31-25-11-7-8-19(2)20(25)3)29-17-16-22-18-30-26-10-6-5-9-24(22)26/h5-15,18,30H,4,16-17H2,1-3H3,(H2,29,31,32,33). The number of rotatable bonds is 7. The maximum Gasteiger partial charge on any atom is 0.257 e. The van der Waals surface area contributed by atoms with Gasteiger partial charge in [0.25, 0.3) is 5.91 Å². The van der Waals surface area contributed by atoms with Gasteiger partial charge in [0, 0.05) is 34.9 Å². The van der Waals surface area contributed by atoms with Crippen LogP contribution < -0.4 is 15.4 Å². The quantitative estimate of drug-likeness (QED) is 0.250. The van der Waals surface area contributed by atoms with Gasteiger partial charge in [0.15, 0.2) is 0 Å². The van der Waals surface area contributed by atoms with Crippen molar-refractivity contribution in [2.24, 2.45) is 4.99 Å². The lowest BCUT2D eigenvalue weighted by molar-refractivity contribution is 0.0977. The average molecular weight is 455 g/mol. The second-order valence-electron chi connectivity index (χ2n) is 8.12. The number of benzene rings is 3. The predicted octanol–water partition coefficient (Wildman–Crippen LogP) is 5.62. The molecule has 0 aliphatic rings. The van der Waals surface area contributed by atoms with Gasteiger partial charge in [0.2, 0.25) is 5.96 Å². The van der Waals surface area contributed by atoms with Crippen LogP contribution in [0.15, 0.2) is 77.9 Å². The molecule has 0 bridgehead atoms. The van der Waals surface area contributed by atoms with Crippen molar-refractivity contribution in [2.45, 2.75) is 27.2 Å². The zero-order valence-corrected chi connectivity index (χ0v) is 19.8. The summed E-state index contributed by atoms with van der Waals surface area (Å²) in [6.45, 7) is 7.15. The van der Waals surface area contributed by atoms with E-state index in [2.05, 4.69) is 47.7 Å². The number of carbonyl (C=O) groups excluding carboxylic acids is 1. The molecule has 0 spiro atoms. The lowest BCUT2D eigenvalue weighted by Gasteiger charge is -2.15. The van der Waals surface area contributed by atoms with Crippen molar-refractivity contribution >= 4 is 28.5 Å². The molecule has 3 N–H and O–H groups in total. The zero-order valence-electron chi connectivity index (χ0n) is 19.8. The van der Waals surface area contributed by atoms with Gasteiger partial charge >= 0.3 is 0 Å². The summed E-state index contributed by atoms with van der Waals surface area (Å²) in [5.74, 6) is 0.930. The number of H-pyrrole nitrogens is 1. The van der Waals surface area contributed by atoms with Gasteiger partial charge in [0.1, 0.15) is 5.75 Å². The molecule has 1 amide bonds. The van der Waals surface area contributed by atoms with Crippen molar-refractivity contribution < 1.29 is 9.53 Å². The molecule has 0 saturated heterocycles. The molecule has 4 aromatic rings. The summed E-state index contributed by atoms with van der Waals surface area (Å²) in [4.78, 5) is 21.0. The van der Waals surface area contributed by atoms with Gasteiger partial charge in [0.05, 0.1) is 6.61 Å². The maximum absolute atomic E-state index is 13.0. The molecule has 0 aliphatic carbocycles. The van der Waals surface area contributed by atoms with Crippen molar-refractivity contribution in [2.75, 3.05) is 18.5 Å². The van der Waals surface area contributed by atoms with E-state index in [9.17, 15) is 4.79 Å². The Hall–Kier alpha value is -4.06. The number of fused-ring (bicyclic) bond motifs is 1. The van der Waals surface area contributed by atoms with Gasteiger partial charge in [-0.2, -0.15) is 0 Å². The number of ether oxygens (including phenoxy) is 1. The fraction of sp³-hybridized carbons (Fsp3) is 0.214. The topological polar surface area (TPSA) is 78.5 Å². The number of nitrogens with one attached hydrogen (secondary N) is 3. The van der Waals surface area contributed by atoms with Crippen molar-refractivity contribution in [1.82, 2.24) is 10.3 Å². The second-order valence-corrected chi connectivity index (χ2v) is 8.12. The van der Waals surface area contributed by atoms with E-state index < -0.39 is 0 Å². The number of guanidine groups is 1. The summed E-state index contributed by atoms with van der Waals surface area (Å²) in [5, 5.41) is 7.47. The lowest BCUT2D eigenvalue weighted by Crippen LogP contribution is -2.36. The number of aromatic nitrogens is 1. The van der Waals surface area contributed by atoms with E-state index in [0.717, 1.165) is 28.9 Å². The van der Waals surface area contributed by atoms with Crippen molar-refractivity contribution in [3.05, 3.63) is 95.2 Å². The van der Waals surface area contributed by atoms with E-state index in [-0.39, 0.29) is 5.91 Å². The smallest absolute Gasteiger partial charge is 0.257 e. The maximum atomic E-state index is 13.0. The first-order chi connectivity index (χ1) is 16.5. The molecule has 4 rings (SSSR count). The molecule has 1 heterocycles. The van der Waals surface area contributed by atoms with E-state index in [1.807, 2.05) is 37.4 Å². The molecule has 0 fully saturated rings. The Labute approximate surface area is 200 Å². The van der Waals surface area contributed by atoms with Crippen LogP contribution in [0.5, 0.6) is 5.75 Å². The largest absolute Gasteiger partial charge is 0.494 e. The van der Waals surface area contributed by atoms with Crippen LogP contribution >= 0.6 is 0 Å². The Morgan fingerprint density at radius 3 is 2.59 bits per heavy atom. The minimum atomic E-state index is -0.230. The van der Waals surface area contributed by atoms with Gasteiger partial charge < -0.3 is 15.0 Å². The molecule has 0 radical (unpaired) electrons. The SMILES string of the molecule is CCOc1ccc(C(=O)NC(=NCCc2c[nH]c3ccccc23)Nc2cccc(C)c2C)cc1. The van der Waals surface area contributed by atoms with E-state index >= 15 is 0 Å². The van der Waals surface area contributed by atoms with Gasteiger partial charge in [-0.05, 0) is 80.3 Å². The van der Waals surface area contributed by atoms with Crippen LogP contribution in [-0.4, -0.2) is 30.0 Å². The minimum Gasteiger partial charge on any atom is -0.494 e. The molecule has 34 heavy (non-hydrogen) atoms. The Kier molecular flexibility index (Phi) is 7.28. The van der Waals surface area contributed by atoms with Crippen LogP contribution in [0, 0.1) is 13.8 Å². The normalized spacial score (nSPS) is 11.4. The summed E-state index contributed by atoms with van der Waals surface area (Å²) < 4.78 is 5.47. The average Bonchev–Trinajstić information content (AvgIpc) is 3.26. The van der Waals surface area contributed by atoms with Crippen LogP contribution in [0.1, 0.15) is 34.0 Å². The fourth-order valence-corrected chi connectivity index (χ4v) is 3.80. The Morgan fingerprint density at radius 2 is 1.79 bits per heavy atom. The van der Waals surface area contributed by atoms with Crippen molar-refractivity contribution in [1.29, 1.82) is 0 Å². The number of aryl methyl sites for hydroxylation is 1. The first-order valence-corrected chi connectivity index (χ1v) is 11.5. The zero-order chi connectivity index (χ0) is 23.9. The van der Waals surface area contributed by atoms with Crippen LogP contribution in [-0.2, 0) is 6.42 Å². The lowest BCUT2D eigenvalue weighted by atomic mass is 10.1. The summed E-state index contributed by atoms with van der Waals surface area (Å²) in [5.41, 5.74) is 6.04. The Balaban J connectivity index is 1.53. The van der Waals surface area contributed by atoms with Gasteiger partial charge in [-0.15, -0.1) is 0 Å². The number of nitrogens with zero attached hydrogens (tertiary/aromatic N) is 1. The Morgan fingerprint density at radius 1 is 1.00 bits per heavy atom. The number of aromatic amines is 1. The highest BCUT2D eigenvalue weighted by Gasteiger charge is 2.12. The van der Waals surface area contributed by atoms with Crippen LogP contribution in [0.4, 0.5) is 5.69 Å². The summed E-state index contributed by atoms with van der Waals surface area (Å²) in [7, 11) is 0. The number of carbonyl (C=O) groups is 1. The van der Waals surface area contributed by atoms with Crippen molar-refractivity contribution in [3.8, 4) is 5.75 Å². The van der Waals surface area contributed by atoms with Gasteiger partial charge in [-0.1, -0.05) is 30.3 Å². The van der Waals surface area contributed by atoms with Crippen LogP contribution in [0.25, 0.3) is 10.9 Å². The number of anilines is 1. The number of para-hydroxylation sites is 1.